The predicted octanol–water partition coefficient (Wildman–Crippen LogP) is 3.96. The zero-order valence-electron chi connectivity index (χ0n) is 16.7. The van der Waals surface area contributed by atoms with Gasteiger partial charge < -0.3 is 10.2 Å². The lowest BCUT2D eigenvalue weighted by Crippen LogP contribution is -2.50. The number of halogens is 1. The Hall–Kier alpha value is -2.37. The van der Waals surface area contributed by atoms with Gasteiger partial charge in [-0.05, 0) is 68.2 Å². The molecule has 1 unspecified atom stereocenters. The number of hydrogen-bond acceptors (Lipinski definition) is 3. The molecule has 0 radical (unpaired) electrons. The average Bonchev–Trinajstić information content (AvgIpc) is 2.73. The minimum Gasteiger partial charge on any atom is -0.337 e. The summed E-state index contributed by atoms with van der Waals surface area (Å²) >= 11 is 6.13. The molecule has 2 aromatic carbocycles. The molecule has 1 saturated heterocycles. The maximum Gasteiger partial charge on any atom is 0.257 e. The average molecular weight is 412 g/mol. The number of fused-ring (bicyclic) bond motifs is 1. The Kier molecular flexibility index (Phi) is 5.88. The summed E-state index contributed by atoms with van der Waals surface area (Å²) in [6.07, 6.45) is 4.06. The Labute approximate surface area is 176 Å². The van der Waals surface area contributed by atoms with Crippen LogP contribution in [-0.4, -0.2) is 47.8 Å². The van der Waals surface area contributed by atoms with Crippen molar-refractivity contribution in [3.63, 3.8) is 0 Å². The van der Waals surface area contributed by atoms with Crippen LogP contribution in [0.15, 0.2) is 42.5 Å². The van der Waals surface area contributed by atoms with E-state index in [9.17, 15) is 9.59 Å². The van der Waals surface area contributed by atoms with Crippen LogP contribution >= 0.6 is 11.6 Å². The number of likely N-dealkylation sites (tertiary alicyclic amines) is 1. The number of piperidine rings is 1. The van der Waals surface area contributed by atoms with Crippen molar-refractivity contribution in [3.8, 4) is 0 Å². The van der Waals surface area contributed by atoms with Gasteiger partial charge in [0.15, 0.2) is 0 Å². The van der Waals surface area contributed by atoms with Gasteiger partial charge >= 0.3 is 0 Å². The fraction of sp³-hybridized carbons (Fsp3) is 0.391. The third-order valence-corrected chi connectivity index (χ3v) is 6.29. The Bertz CT molecular complexity index is 930. The molecule has 2 aliphatic rings. The van der Waals surface area contributed by atoms with Crippen molar-refractivity contribution in [1.29, 1.82) is 0 Å². The molecule has 5 nitrogen and oxygen atoms in total. The number of nitrogens with one attached hydrogen (secondary N) is 1. The van der Waals surface area contributed by atoms with Crippen LogP contribution in [-0.2, 0) is 17.8 Å². The number of benzene rings is 2. The molecule has 2 amide bonds. The summed E-state index contributed by atoms with van der Waals surface area (Å²) in [6, 6.07) is 12.9. The Morgan fingerprint density at radius 1 is 1.07 bits per heavy atom. The van der Waals surface area contributed by atoms with Crippen LogP contribution in [0.25, 0.3) is 0 Å². The summed E-state index contributed by atoms with van der Waals surface area (Å²) < 4.78 is 0. The molecular formula is C23H26ClN3O2. The van der Waals surface area contributed by atoms with Gasteiger partial charge in [0, 0.05) is 18.8 Å². The third kappa shape index (κ3) is 4.31. The summed E-state index contributed by atoms with van der Waals surface area (Å²) in [5, 5.41) is 3.36. The van der Waals surface area contributed by atoms with Crippen LogP contribution in [0, 0.1) is 0 Å². The van der Waals surface area contributed by atoms with Gasteiger partial charge in [0.1, 0.15) is 0 Å². The van der Waals surface area contributed by atoms with Gasteiger partial charge in [-0.25, -0.2) is 0 Å². The van der Waals surface area contributed by atoms with E-state index in [2.05, 4.69) is 10.2 Å². The number of carbonyl (C=O) groups is 2. The first kappa shape index (κ1) is 19.9. The lowest BCUT2D eigenvalue weighted by molar-refractivity contribution is -0.138. The normalized spacial score (nSPS) is 19.5. The number of carbonyl (C=O) groups excluding carboxylic acids is 2. The smallest absolute Gasteiger partial charge is 0.257 e. The van der Waals surface area contributed by atoms with Crippen molar-refractivity contribution < 1.29 is 9.59 Å². The molecule has 0 bridgehead atoms. The van der Waals surface area contributed by atoms with Crippen LogP contribution in [0.3, 0.4) is 0 Å². The molecule has 2 aromatic rings. The second-order valence-corrected chi connectivity index (χ2v) is 8.33. The van der Waals surface area contributed by atoms with E-state index in [0.717, 1.165) is 50.0 Å². The molecule has 4 rings (SSSR count). The van der Waals surface area contributed by atoms with Crippen molar-refractivity contribution >= 4 is 29.1 Å². The largest absolute Gasteiger partial charge is 0.337 e. The summed E-state index contributed by atoms with van der Waals surface area (Å²) in [5.74, 6) is -0.00789. The van der Waals surface area contributed by atoms with E-state index >= 15 is 0 Å². The van der Waals surface area contributed by atoms with Gasteiger partial charge in [-0.15, -0.1) is 0 Å². The summed E-state index contributed by atoms with van der Waals surface area (Å²) in [4.78, 5) is 29.8. The lowest BCUT2D eigenvalue weighted by Gasteiger charge is -2.37. The van der Waals surface area contributed by atoms with Crippen LogP contribution in [0.5, 0.6) is 0 Å². The SMILES string of the molecule is CN1CCCCC1C(=O)N1CCc2ccc(NC(=O)c3ccccc3Cl)cc2C1. The van der Waals surface area contributed by atoms with Gasteiger partial charge in [-0.2, -0.15) is 0 Å². The molecule has 2 aliphatic heterocycles. The second kappa shape index (κ2) is 8.56. The van der Waals surface area contributed by atoms with E-state index in [0.29, 0.717) is 17.1 Å². The lowest BCUT2D eigenvalue weighted by atomic mass is 9.96. The minimum absolute atomic E-state index is 0.00610. The molecule has 0 aliphatic carbocycles. The second-order valence-electron chi connectivity index (χ2n) is 7.92. The fourth-order valence-corrected chi connectivity index (χ4v) is 4.49. The van der Waals surface area contributed by atoms with Gasteiger partial charge in [0.05, 0.1) is 16.6 Å². The summed E-state index contributed by atoms with van der Waals surface area (Å²) in [7, 11) is 2.04. The van der Waals surface area contributed by atoms with E-state index in [1.54, 1.807) is 24.3 Å². The molecule has 1 fully saturated rings. The minimum atomic E-state index is -0.233. The Morgan fingerprint density at radius 3 is 2.69 bits per heavy atom. The molecule has 0 spiro atoms. The molecule has 0 saturated carbocycles. The zero-order chi connectivity index (χ0) is 20.4. The van der Waals surface area contributed by atoms with E-state index in [1.807, 2.05) is 30.1 Å². The number of nitrogens with zero attached hydrogens (tertiary/aromatic N) is 2. The highest BCUT2D eigenvalue weighted by atomic mass is 35.5. The highest BCUT2D eigenvalue weighted by Crippen LogP contribution is 2.26. The number of amides is 2. The van der Waals surface area contributed by atoms with Crippen molar-refractivity contribution in [2.75, 3.05) is 25.5 Å². The van der Waals surface area contributed by atoms with Crippen molar-refractivity contribution in [2.45, 2.75) is 38.3 Å². The molecule has 1 atom stereocenters. The molecule has 0 aromatic heterocycles. The Morgan fingerprint density at radius 2 is 1.90 bits per heavy atom. The molecular weight excluding hydrogens is 386 g/mol. The molecule has 29 heavy (non-hydrogen) atoms. The van der Waals surface area contributed by atoms with Gasteiger partial charge in [0.2, 0.25) is 5.91 Å². The van der Waals surface area contributed by atoms with Crippen LogP contribution in [0.2, 0.25) is 5.02 Å². The zero-order valence-corrected chi connectivity index (χ0v) is 17.4. The highest BCUT2D eigenvalue weighted by Gasteiger charge is 2.31. The topological polar surface area (TPSA) is 52.7 Å². The first-order chi connectivity index (χ1) is 14.0. The van der Waals surface area contributed by atoms with Gasteiger partial charge in [0.25, 0.3) is 5.91 Å². The molecule has 1 N–H and O–H groups in total. The standard InChI is InChI=1S/C23H26ClN3O2/c1-26-12-5-4-8-21(26)23(29)27-13-11-16-9-10-18(14-17(16)15-27)25-22(28)19-6-2-3-7-20(19)24/h2-3,6-7,9-10,14,21H,4-5,8,11-13,15H2,1H3,(H,25,28). The van der Waals surface area contributed by atoms with E-state index < -0.39 is 0 Å². The van der Waals surface area contributed by atoms with E-state index in [-0.39, 0.29) is 17.9 Å². The first-order valence-electron chi connectivity index (χ1n) is 10.2. The van der Waals surface area contributed by atoms with Gasteiger partial charge in [-0.1, -0.05) is 36.2 Å². The van der Waals surface area contributed by atoms with Crippen molar-refractivity contribution in [2.24, 2.45) is 0 Å². The fourth-order valence-electron chi connectivity index (χ4n) is 4.26. The van der Waals surface area contributed by atoms with Crippen molar-refractivity contribution in [1.82, 2.24) is 9.80 Å². The highest BCUT2D eigenvalue weighted by molar-refractivity contribution is 6.34. The maximum atomic E-state index is 13.1. The summed E-state index contributed by atoms with van der Waals surface area (Å²) in [5.41, 5.74) is 3.50. The number of likely N-dealkylation sites (N-methyl/N-ethyl adjacent to an activating group) is 1. The van der Waals surface area contributed by atoms with E-state index in [4.69, 9.17) is 11.6 Å². The molecule has 2 heterocycles. The number of hydrogen-bond donors (Lipinski definition) is 1. The van der Waals surface area contributed by atoms with Crippen molar-refractivity contribution in [3.05, 3.63) is 64.2 Å². The van der Waals surface area contributed by atoms with Crippen LogP contribution in [0.1, 0.15) is 40.7 Å². The quantitative estimate of drug-likeness (QED) is 0.831. The monoisotopic (exact) mass is 411 g/mol. The number of anilines is 1. The Balaban J connectivity index is 1.47. The van der Waals surface area contributed by atoms with Crippen LogP contribution < -0.4 is 5.32 Å². The molecule has 6 heteroatoms. The van der Waals surface area contributed by atoms with Gasteiger partial charge in [-0.3, -0.25) is 14.5 Å². The third-order valence-electron chi connectivity index (χ3n) is 5.96. The maximum absolute atomic E-state index is 13.1. The first-order valence-corrected chi connectivity index (χ1v) is 10.6. The summed E-state index contributed by atoms with van der Waals surface area (Å²) in [6.45, 7) is 2.33. The predicted molar refractivity (Wildman–Crippen MR) is 115 cm³/mol. The van der Waals surface area contributed by atoms with Crippen LogP contribution in [0.4, 0.5) is 5.69 Å². The van der Waals surface area contributed by atoms with E-state index in [1.165, 1.54) is 5.56 Å². The number of rotatable bonds is 3. The molecule has 152 valence electrons.